The van der Waals surface area contributed by atoms with Gasteiger partial charge in [-0.05, 0) is 102 Å². The number of aromatic nitrogens is 4. The maximum absolute atomic E-state index is 4.87. The van der Waals surface area contributed by atoms with E-state index in [-0.39, 0.29) is 5.41 Å². The monoisotopic (exact) mass is 470 g/mol. The standard InChI is InChI=1S/C29H38N6/c1-34-15-3-5-23(34)26-30-17-22(32-26)20-7-9-21(10-8-20)28-11-13-29(19-28,14-12-28)25-18-31-27(33-25)24-6-4-16-35(24)2/h7-10,17-18,23-24H,3-6,11-16,19H2,1-2H3,(H,30,32)(H,31,33). The summed E-state index contributed by atoms with van der Waals surface area (Å²) < 4.78 is 0. The van der Waals surface area contributed by atoms with Gasteiger partial charge in [-0.25, -0.2) is 9.97 Å². The quantitative estimate of drug-likeness (QED) is 0.518. The molecule has 7 rings (SSSR count). The summed E-state index contributed by atoms with van der Waals surface area (Å²) in [5, 5.41) is 0. The first-order chi connectivity index (χ1) is 17.1. The third-order valence-electron chi connectivity index (χ3n) is 10.1. The SMILES string of the molecule is CN1CCCC1c1ncc(-c2ccc(C34CCC(c5cnc(C6CCCN6C)[nH]5)(CC3)C4)cc2)[nH]1. The second-order valence-corrected chi connectivity index (χ2v) is 12.0. The Morgan fingerprint density at radius 3 is 2.00 bits per heavy atom. The van der Waals surface area contributed by atoms with Crippen molar-refractivity contribution < 1.29 is 0 Å². The topological polar surface area (TPSA) is 63.8 Å². The van der Waals surface area contributed by atoms with Gasteiger partial charge in [-0.15, -0.1) is 0 Å². The van der Waals surface area contributed by atoms with Crippen LogP contribution in [0.25, 0.3) is 11.3 Å². The fourth-order valence-electron chi connectivity index (χ4n) is 7.91. The van der Waals surface area contributed by atoms with Crippen LogP contribution in [-0.4, -0.2) is 56.9 Å². The number of H-pyrrole nitrogens is 2. The average Bonchev–Trinajstić information content (AvgIpc) is 3.70. The molecule has 2 aromatic heterocycles. The molecule has 2 N–H and O–H groups in total. The Morgan fingerprint density at radius 1 is 0.771 bits per heavy atom. The number of aromatic amines is 2. The Hall–Kier alpha value is -2.44. The van der Waals surface area contributed by atoms with Gasteiger partial charge >= 0.3 is 0 Å². The molecule has 2 aliphatic carbocycles. The van der Waals surface area contributed by atoms with Crippen LogP contribution >= 0.6 is 0 Å². The largest absolute Gasteiger partial charge is 0.344 e. The number of likely N-dealkylation sites (tertiary alicyclic amines) is 2. The van der Waals surface area contributed by atoms with Crippen LogP contribution in [0.3, 0.4) is 0 Å². The summed E-state index contributed by atoms with van der Waals surface area (Å²) in [5.74, 6) is 2.30. The van der Waals surface area contributed by atoms with Crippen molar-refractivity contribution in [3.63, 3.8) is 0 Å². The maximum Gasteiger partial charge on any atom is 0.123 e. The van der Waals surface area contributed by atoms with Crippen LogP contribution in [0.1, 0.15) is 92.8 Å². The van der Waals surface area contributed by atoms with Crippen molar-refractivity contribution in [1.29, 1.82) is 0 Å². The summed E-state index contributed by atoms with van der Waals surface area (Å²) in [7, 11) is 4.43. The number of hydrogen-bond donors (Lipinski definition) is 2. The van der Waals surface area contributed by atoms with Crippen molar-refractivity contribution in [2.75, 3.05) is 27.2 Å². The van der Waals surface area contributed by atoms with Crippen LogP contribution < -0.4 is 0 Å². The minimum absolute atomic E-state index is 0.284. The molecular weight excluding hydrogens is 432 g/mol. The Bertz CT molecular complexity index is 1200. The van der Waals surface area contributed by atoms with Gasteiger partial charge in [-0.1, -0.05) is 24.3 Å². The number of hydrogen-bond acceptors (Lipinski definition) is 4. The molecule has 4 fully saturated rings. The zero-order chi connectivity index (χ0) is 23.6. The minimum Gasteiger partial charge on any atom is -0.344 e. The van der Waals surface area contributed by atoms with E-state index in [2.05, 4.69) is 64.3 Å². The molecular formula is C29H38N6. The van der Waals surface area contributed by atoms with E-state index in [1.807, 2.05) is 6.20 Å². The van der Waals surface area contributed by atoms with Crippen LogP contribution in [0.2, 0.25) is 0 Å². The molecule has 4 aliphatic rings. The summed E-state index contributed by atoms with van der Waals surface area (Å²) in [6.07, 6.45) is 15.5. The number of imidazole rings is 2. The molecule has 3 aromatic rings. The van der Waals surface area contributed by atoms with E-state index in [1.54, 1.807) is 0 Å². The predicted octanol–water partition coefficient (Wildman–Crippen LogP) is 5.49. The van der Waals surface area contributed by atoms with Crippen LogP contribution in [0.15, 0.2) is 36.7 Å². The summed E-state index contributed by atoms with van der Waals surface area (Å²) in [6, 6.07) is 10.3. The zero-order valence-corrected chi connectivity index (χ0v) is 21.2. The number of rotatable bonds is 5. The average molecular weight is 471 g/mol. The van der Waals surface area contributed by atoms with Gasteiger partial charge in [0, 0.05) is 17.3 Å². The number of nitrogens with one attached hydrogen (secondary N) is 2. The first-order valence-electron chi connectivity index (χ1n) is 13.7. The molecule has 6 nitrogen and oxygen atoms in total. The highest BCUT2D eigenvalue weighted by Crippen LogP contribution is 2.62. The smallest absolute Gasteiger partial charge is 0.123 e. The molecule has 0 radical (unpaired) electrons. The van der Waals surface area contributed by atoms with E-state index in [0.29, 0.717) is 17.5 Å². The van der Waals surface area contributed by atoms with Gasteiger partial charge in [-0.2, -0.15) is 0 Å². The van der Waals surface area contributed by atoms with Gasteiger partial charge in [0.1, 0.15) is 11.6 Å². The lowest BCUT2D eigenvalue weighted by Crippen LogP contribution is -2.21. The summed E-state index contributed by atoms with van der Waals surface area (Å²) in [5.41, 5.74) is 5.90. The Balaban J connectivity index is 1.09. The molecule has 2 atom stereocenters. The molecule has 184 valence electrons. The van der Waals surface area contributed by atoms with E-state index < -0.39 is 0 Å². The first-order valence-corrected chi connectivity index (χ1v) is 13.7. The second kappa shape index (κ2) is 8.04. The molecule has 2 aliphatic heterocycles. The lowest BCUT2D eigenvalue weighted by atomic mass is 9.77. The van der Waals surface area contributed by atoms with Crippen molar-refractivity contribution in [3.8, 4) is 11.3 Å². The number of nitrogens with zero attached hydrogens (tertiary/aromatic N) is 4. The van der Waals surface area contributed by atoms with Gasteiger partial charge < -0.3 is 9.97 Å². The maximum atomic E-state index is 4.87. The molecule has 1 aromatic carbocycles. The van der Waals surface area contributed by atoms with Gasteiger partial charge in [0.05, 0.1) is 24.0 Å². The van der Waals surface area contributed by atoms with Crippen molar-refractivity contribution in [1.82, 2.24) is 29.7 Å². The Labute approximate surface area is 208 Å². The van der Waals surface area contributed by atoms with E-state index in [0.717, 1.165) is 18.1 Å². The first kappa shape index (κ1) is 21.8. The minimum atomic E-state index is 0.284. The predicted molar refractivity (Wildman–Crippen MR) is 138 cm³/mol. The normalized spacial score (nSPS) is 33.3. The van der Waals surface area contributed by atoms with Gasteiger partial charge in [-0.3, -0.25) is 9.80 Å². The zero-order valence-electron chi connectivity index (χ0n) is 21.2. The lowest BCUT2D eigenvalue weighted by Gasteiger charge is -2.28. The molecule has 0 spiro atoms. The van der Waals surface area contributed by atoms with Crippen LogP contribution in [-0.2, 0) is 10.8 Å². The summed E-state index contributed by atoms with van der Waals surface area (Å²) in [6.45, 7) is 2.35. The van der Waals surface area contributed by atoms with Crippen molar-refractivity contribution in [2.24, 2.45) is 0 Å². The van der Waals surface area contributed by atoms with Crippen molar-refractivity contribution in [2.45, 2.75) is 80.7 Å². The number of fused-ring (bicyclic) bond motifs is 2. The van der Waals surface area contributed by atoms with Gasteiger partial charge in [0.15, 0.2) is 0 Å². The second-order valence-electron chi connectivity index (χ2n) is 12.0. The Morgan fingerprint density at radius 2 is 1.37 bits per heavy atom. The van der Waals surface area contributed by atoms with Crippen LogP contribution in [0, 0.1) is 0 Å². The molecule has 2 saturated carbocycles. The fraction of sp³-hybridized carbons (Fsp3) is 0.586. The highest BCUT2D eigenvalue weighted by Gasteiger charge is 2.56. The molecule has 35 heavy (non-hydrogen) atoms. The van der Waals surface area contributed by atoms with Crippen LogP contribution in [0.5, 0.6) is 0 Å². The van der Waals surface area contributed by atoms with Crippen LogP contribution in [0.4, 0.5) is 0 Å². The molecule has 4 heterocycles. The van der Waals surface area contributed by atoms with Crippen molar-refractivity contribution in [3.05, 3.63) is 59.6 Å². The van der Waals surface area contributed by atoms with Gasteiger partial charge in [0.25, 0.3) is 0 Å². The highest BCUT2D eigenvalue weighted by molar-refractivity contribution is 5.59. The fourth-order valence-corrected chi connectivity index (χ4v) is 7.91. The third kappa shape index (κ3) is 3.44. The highest BCUT2D eigenvalue weighted by atomic mass is 15.2. The number of benzene rings is 1. The lowest BCUT2D eigenvalue weighted by molar-refractivity contribution is 0.306. The molecule has 6 heteroatoms. The molecule has 2 bridgehead atoms. The molecule has 2 unspecified atom stereocenters. The third-order valence-corrected chi connectivity index (χ3v) is 10.1. The molecule has 2 saturated heterocycles. The van der Waals surface area contributed by atoms with Gasteiger partial charge in [0.2, 0.25) is 0 Å². The van der Waals surface area contributed by atoms with E-state index >= 15 is 0 Å². The van der Waals surface area contributed by atoms with E-state index in [1.165, 1.54) is 87.0 Å². The van der Waals surface area contributed by atoms with Crippen molar-refractivity contribution >= 4 is 0 Å². The summed E-state index contributed by atoms with van der Waals surface area (Å²) in [4.78, 5) is 21.9. The Kier molecular flexibility index (Phi) is 5.01. The summed E-state index contributed by atoms with van der Waals surface area (Å²) >= 11 is 0. The van der Waals surface area contributed by atoms with E-state index in [9.17, 15) is 0 Å². The van der Waals surface area contributed by atoms with E-state index in [4.69, 9.17) is 9.97 Å². The molecule has 0 amide bonds.